The van der Waals surface area contributed by atoms with E-state index in [2.05, 4.69) is 22.3 Å². The van der Waals surface area contributed by atoms with Gasteiger partial charge >= 0.3 is 6.03 Å². The molecule has 126 valence electrons. The fraction of sp³-hybridized carbons (Fsp3) is 0.316. The first-order chi connectivity index (χ1) is 11.7. The van der Waals surface area contributed by atoms with Crippen molar-refractivity contribution >= 4 is 23.3 Å². The minimum Gasteiger partial charge on any atom is -0.367 e. The molecule has 0 bridgehead atoms. The van der Waals surface area contributed by atoms with Gasteiger partial charge in [-0.25, -0.2) is 4.79 Å². The van der Waals surface area contributed by atoms with Crippen molar-refractivity contribution in [3.8, 4) is 0 Å². The first kappa shape index (κ1) is 16.7. The molecule has 0 saturated carbocycles. The molecule has 2 amide bonds. The van der Waals surface area contributed by atoms with E-state index in [4.69, 9.17) is 11.6 Å². The van der Waals surface area contributed by atoms with E-state index in [0.717, 1.165) is 30.2 Å². The third-order valence-electron chi connectivity index (χ3n) is 4.29. The van der Waals surface area contributed by atoms with Crippen LogP contribution >= 0.6 is 11.6 Å². The van der Waals surface area contributed by atoms with E-state index >= 15 is 0 Å². The number of anilines is 1. The molecule has 0 aliphatic carbocycles. The second-order valence-corrected chi connectivity index (χ2v) is 6.30. The van der Waals surface area contributed by atoms with E-state index < -0.39 is 0 Å². The van der Waals surface area contributed by atoms with Crippen molar-refractivity contribution in [3.05, 3.63) is 65.2 Å². The Morgan fingerprint density at radius 2 is 1.62 bits per heavy atom. The molecule has 3 rings (SSSR count). The standard InChI is InChI=1S/C19H22ClN3O/c20-17-8-4-5-9-18(17)22-12-14-23(15-13-22)19(24)21-11-10-16-6-2-1-3-7-16/h1-9H,10-15H2,(H,21,24). The van der Waals surface area contributed by atoms with Crippen LogP contribution in [-0.2, 0) is 6.42 Å². The summed E-state index contributed by atoms with van der Waals surface area (Å²) in [6.07, 6.45) is 0.853. The number of amides is 2. The second kappa shape index (κ2) is 8.06. The van der Waals surface area contributed by atoms with Gasteiger partial charge in [0.25, 0.3) is 0 Å². The summed E-state index contributed by atoms with van der Waals surface area (Å²) in [4.78, 5) is 16.4. The highest BCUT2D eigenvalue weighted by atomic mass is 35.5. The topological polar surface area (TPSA) is 35.6 Å². The molecule has 0 radical (unpaired) electrons. The number of hydrogen-bond acceptors (Lipinski definition) is 2. The maximum Gasteiger partial charge on any atom is 0.317 e. The Morgan fingerprint density at radius 3 is 2.33 bits per heavy atom. The van der Waals surface area contributed by atoms with Gasteiger partial charge in [-0.15, -0.1) is 0 Å². The average molecular weight is 344 g/mol. The van der Waals surface area contributed by atoms with Gasteiger partial charge in [0, 0.05) is 32.7 Å². The first-order valence-electron chi connectivity index (χ1n) is 8.30. The molecular weight excluding hydrogens is 322 g/mol. The smallest absolute Gasteiger partial charge is 0.317 e. The first-order valence-corrected chi connectivity index (χ1v) is 8.68. The number of rotatable bonds is 4. The van der Waals surface area contributed by atoms with Crippen LogP contribution in [0.5, 0.6) is 0 Å². The fourth-order valence-electron chi connectivity index (χ4n) is 2.93. The summed E-state index contributed by atoms with van der Waals surface area (Å²) < 4.78 is 0. The number of para-hydroxylation sites is 1. The lowest BCUT2D eigenvalue weighted by molar-refractivity contribution is 0.194. The molecule has 0 unspecified atom stereocenters. The van der Waals surface area contributed by atoms with Gasteiger partial charge in [-0.1, -0.05) is 54.1 Å². The largest absolute Gasteiger partial charge is 0.367 e. The molecule has 1 aliphatic rings. The number of benzene rings is 2. The van der Waals surface area contributed by atoms with Crippen LogP contribution in [0, 0.1) is 0 Å². The van der Waals surface area contributed by atoms with Crippen LogP contribution in [-0.4, -0.2) is 43.7 Å². The summed E-state index contributed by atoms with van der Waals surface area (Å²) in [7, 11) is 0. The Bertz CT molecular complexity index is 669. The van der Waals surface area contributed by atoms with Crippen LogP contribution in [0.4, 0.5) is 10.5 Å². The van der Waals surface area contributed by atoms with Gasteiger partial charge in [0.2, 0.25) is 0 Å². The summed E-state index contributed by atoms with van der Waals surface area (Å²) >= 11 is 6.25. The van der Waals surface area contributed by atoms with Crippen molar-refractivity contribution in [1.82, 2.24) is 10.2 Å². The number of piperazine rings is 1. The third kappa shape index (κ3) is 4.20. The number of nitrogens with zero attached hydrogens (tertiary/aromatic N) is 2. The monoisotopic (exact) mass is 343 g/mol. The van der Waals surface area contributed by atoms with E-state index in [-0.39, 0.29) is 6.03 Å². The number of hydrogen-bond donors (Lipinski definition) is 1. The third-order valence-corrected chi connectivity index (χ3v) is 4.61. The minimum atomic E-state index is 0.0183. The second-order valence-electron chi connectivity index (χ2n) is 5.89. The molecule has 1 fully saturated rings. The Hall–Kier alpha value is -2.20. The number of urea groups is 1. The Labute approximate surface area is 148 Å². The highest BCUT2D eigenvalue weighted by Crippen LogP contribution is 2.25. The van der Waals surface area contributed by atoms with Gasteiger partial charge in [-0.2, -0.15) is 0 Å². The highest BCUT2D eigenvalue weighted by molar-refractivity contribution is 6.33. The zero-order chi connectivity index (χ0) is 16.8. The van der Waals surface area contributed by atoms with Gasteiger partial charge in [-0.3, -0.25) is 0 Å². The van der Waals surface area contributed by atoms with Gasteiger partial charge < -0.3 is 15.1 Å². The van der Waals surface area contributed by atoms with Crippen LogP contribution in [0.1, 0.15) is 5.56 Å². The van der Waals surface area contributed by atoms with E-state index in [1.807, 2.05) is 47.4 Å². The molecule has 2 aromatic carbocycles. The maximum absolute atomic E-state index is 12.3. The van der Waals surface area contributed by atoms with Crippen molar-refractivity contribution in [2.45, 2.75) is 6.42 Å². The highest BCUT2D eigenvalue weighted by Gasteiger charge is 2.21. The van der Waals surface area contributed by atoms with E-state index in [1.165, 1.54) is 5.56 Å². The number of halogens is 1. The van der Waals surface area contributed by atoms with Gasteiger partial charge in [-0.05, 0) is 24.1 Å². The summed E-state index contributed by atoms with van der Waals surface area (Å²) in [5.74, 6) is 0. The normalized spacial score (nSPS) is 14.5. The fourth-order valence-corrected chi connectivity index (χ4v) is 3.18. The number of carbonyl (C=O) groups is 1. The Balaban J connectivity index is 1.44. The molecule has 24 heavy (non-hydrogen) atoms. The molecule has 0 aromatic heterocycles. The molecule has 4 nitrogen and oxygen atoms in total. The van der Waals surface area contributed by atoms with Gasteiger partial charge in [0.1, 0.15) is 0 Å². The molecule has 1 heterocycles. The van der Waals surface area contributed by atoms with Crippen LogP contribution in [0.25, 0.3) is 0 Å². The Morgan fingerprint density at radius 1 is 0.958 bits per heavy atom. The molecule has 2 aromatic rings. The molecule has 1 saturated heterocycles. The predicted octanol–water partition coefficient (Wildman–Crippen LogP) is 3.41. The summed E-state index contributed by atoms with van der Waals surface area (Å²) in [5, 5.41) is 3.77. The lowest BCUT2D eigenvalue weighted by atomic mass is 10.1. The Kier molecular flexibility index (Phi) is 5.59. The predicted molar refractivity (Wildman–Crippen MR) is 98.8 cm³/mol. The molecule has 5 heteroatoms. The van der Waals surface area contributed by atoms with Crippen LogP contribution < -0.4 is 10.2 Å². The molecule has 0 atom stereocenters. The lowest BCUT2D eigenvalue weighted by Gasteiger charge is -2.36. The van der Waals surface area contributed by atoms with Crippen molar-refractivity contribution in [3.63, 3.8) is 0 Å². The van der Waals surface area contributed by atoms with Crippen LogP contribution in [0.15, 0.2) is 54.6 Å². The van der Waals surface area contributed by atoms with Crippen molar-refractivity contribution in [1.29, 1.82) is 0 Å². The minimum absolute atomic E-state index is 0.0183. The summed E-state index contributed by atoms with van der Waals surface area (Å²) in [6, 6.07) is 18.1. The molecular formula is C19H22ClN3O. The van der Waals surface area contributed by atoms with Gasteiger partial charge in [0.15, 0.2) is 0 Å². The van der Waals surface area contributed by atoms with E-state index in [1.54, 1.807) is 0 Å². The quantitative estimate of drug-likeness (QED) is 0.923. The maximum atomic E-state index is 12.3. The number of nitrogens with one attached hydrogen (secondary N) is 1. The average Bonchev–Trinajstić information content (AvgIpc) is 2.63. The van der Waals surface area contributed by atoms with Crippen LogP contribution in [0.3, 0.4) is 0 Å². The molecule has 1 aliphatic heterocycles. The van der Waals surface area contributed by atoms with Crippen molar-refractivity contribution in [2.24, 2.45) is 0 Å². The summed E-state index contributed by atoms with van der Waals surface area (Å²) in [6.45, 7) is 3.68. The van der Waals surface area contributed by atoms with Gasteiger partial charge in [0.05, 0.1) is 10.7 Å². The number of carbonyl (C=O) groups excluding carboxylic acids is 1. The zero-order valence-electron chi connectivity index (χ0n) is 13.6. The summed E-state index contributed by atoms with van der Waals surface area (Å²) in [5.41, 5.74) is 2.28. The molecule has 0 spiro atoms. The van der Waals surface area contributed by atoms with Crippen molar-refractivity contribution < 1.29 is 4.79 Å². The van der Waals surface area contributed by atoms with Crippen LogP contribution in [0.2, 0.25) is 5.02 Å². The zero-order valence-corrected chi connectivity index (χ0v) is 14.4. The molecule has 1 N–H and O–H groups in total. The lowest BCUT2D eigenvalue weighted by Crippen LogP contribution is -2.52. The van der Waals surface area contributed by atoms with Crippen molar-refractivity contribution in [2.75, 3.05) is 37.6 Å². The van der Waals surface area contributed by atoms with E-state index in [9.17, 15) is 4.79 Å². The van der Waals surface area contributed by atoms with E-state index in [0.29, 0.717) is 19.6 Å². The SMILES string of the molecule is O=C(NCCc1ccccc1)N1CCN(c2ccccc2Cl)CC1.